The van der Waals surface area contributed by atoms with Gasteiger partial charge in [0.2, 0.25) is 0 Å². The summed E-state index contributed by atoms with van der Waals surface area (Å²) in [5.74, 6) is 0.841. The normalized spacial score (nSPS) is 16.2. The van der Waals surface area contributed by atoms with E-state index >= 15 is 0 Å². The molecule has 2 aromatic rings. The molecule has 24 heavy (non-hydrogen) atoms. The number of likely N-dealkylation sites (tertiary alicyclic amines) is 1. The van der Waals surface area contributed by atoms with Crippen LogP contribution in [0.3, 0.4) is 0 Å². The minimum absolute atomic E-state index is 0.0356. The van der Waals surface area contributed by atoms with E-state index in [9.17, 15) is 4.79 Å². The second-order valence-corrected chi connectivity index (χ2v) is 7.30. The van der Waals surface area contributed by atoms with Crippen LogP contribution in [0.25, 0.3) is 0 Å². The molecule has 0 radical (unpaired) electrons. The molecule has 1 aromatic heterocycles. The molecule has 0 unspecified atom stereocenters. The number of aryl methyl sites for hydroxylation is 1. The molecule has 6 heteroatoms. The molecule has 1 aliphatic rings. The van der Waals surface area contributed by atoms with Gasteiger partial charge in [0.25, 0.3) is 5.91 Å². The standard InChI is InChI=1S/C18H24N4OS/c1-21-9-6-16(7-10-21)20-17(23)15-5-3-4-14(12-15)13-24-18-19-8-11-22(18)2/h3-5,8,11-12,16H,6-7,9-10,13H2,1-2H3,(H,20,23). The van der Waals surface area contributed by atoms with Crippen LogP contribution in [0.2, 0.25) is 0 Å². The summed E-state index contributed by atoms with van der Waals surface area (Å²) in [5.41, 5.74) is 1.88. The lowest BCUT2D eigenvalue weighted by molar-refractivity contribution is 0.0917. The van der Waals surface area contributed by atoms with Crippen molar-refractivity contribution in [1.82, 2.24) is 19.8 Å². The molecule has 1 aromatic carbocycles. The summed E-state index contributed by atoms with van der Waals surface area (Å²) in [6.07, 6.45) is 5.79. The van der Waals surface area contributed by atoms with Crippen molar-refractivity contribution in [3.8, 4) is 0 Å². The minimum Gasteiger partial charge on any atom is -0.349 e. The van der Waals surface area contributed by atoms with Crippen LogP contribution in [-0.2, 0) is 12.8 Å². The quantitative estimate of drug-likeness (QED) is 0.847. The van der Waals surface area contributed by atoms with E-state index in [-0.39, 0.29) is 5.91 Å². The average molecular weight is 344 g/mol. The Labute approximate surface area is 147 Å². The van der Waals surface area contributed by atoms with Crippen molar-refractivity contribution < 1.29 is 4.79 Å². The molecule has 3 rings (SSSR count). The fourth-order valence-electron chi connectivity index (χ4n) is 2.86. The highest BCUT2D eigenvalue weighted by atomic mass is 32.2. The number of aromatic nitrogens is 2. The molecule has 128 valence electrons. The monoisotopic (exact) mass is 344 g/mol. The van der Waals surface area contributed by atoms with E-state index in [4.69, 9.17) is 0 Å². The minimum atomic E-state index is 0.0356. The Bertz CT molecular complexity index is 692. The van der Waals surface area contributed by atoms with Crippen LogP contribution < -0.4 is 5.32 Å². The number of rotatable bonds is 5. The van der Waals surface area contributed by atoms with Gasteiger partial charge >= 0.3 is 0 Å². The lowest BCUT2D eigenvalue weighted by Gasteiger charge is -2.29. The summed E-state index contributed by atoms with van der Waals surface area (Å²) in [6, 6.07) is 8.18. The zero-order valence-electron chi connectivity index (χ0n) is 14.2. The molecular weight excluding hydrogens is 320 g/mol. The van der Waals surface area contributed by atoms with E-state index in [1.807, 2.05) is 36.0 Å². The highest BCUT2D eigenvalue weighted by Gasteiger charge is 2.19. The van der Waals surface area contributed by atoms with Crippen LogP contribution in [0.1, 0.15) is 28.8 Å². The number of thioether (sulfide) groups is 1. The molecule has 1 saturated heterocycles. The fraction of sp³-hybridized carbons (Fsp3) is 0.444. The summed E-state index contributed by atoms with van der Waals surface area (Å²) in [7, 11) is 4.11. The zero-order valence-corrected chi connectivity index (χ0v) is 15.1. The van der Waals surface area contributed by atoms with E-state index in [1.54, 1.807) is 18.0 Å². The number of benzene rings is 1. The highest BCUT2D eigenvalue weighted by molar-refractivity contribution is 7.98. The Hall–Kier alpha value is -1.79. The molecule has 0 aliphatic carbocycles. The third-order valence-electron chi connectivity index (χ3n) is 4.39. The maximum Gasteiger partial charge on any atom is 0.251 e. The van der Waals surface area contributed by atoms with Crippen LogP contribution in [0.4, 0.5) is 0 Å². The van der Waals surface area contributed by atoms with Gasteiger partial charge in [-0.2, -0.15) is 0 Å². The van der Waals surface area contributed by atoms with Gasteiger partial charge in [0.05, 0.1) is 0 Å². The second-order valence-electron chi connectivity index (χ2n) is 6.36. The Balaban J connectivity index is 1.58. The lowest BCUT2D eigenvalue weighted by Crippen LogP contribution is -2.43. The first-order chi connectivity index (χ1) is 11.6. The van der Waals surface area contributed by atoms with Gasteiger partial charge in [-0.3, -0.25) is 4.79 Å². The van der Waals surface area contributed by atoms with E-state index in [1.165, 1.54) is 0 Å². The maximum atomic E-state index is 12.5. The number of nitrogens with one attached hydrogen (secondary N) is 1. The van der Waals surface area contributed by atoms with Crippen LogP contribution in [-0.4, -0.2) is 46.5 Å². The first-order valence-corrected chi connectivity index (χ1v) is 9.29. The molecule has 1 aliphatic heterocycles. The number of amides is 1. The zero-order chi connectivity index (χ0) is 16.9. The highest BCUT2D eigenvalue weighted by Crippen LogP contribution is 2.21. The number of imidazole rings is 1. The van der Waals surface area contributed by atoms with Gasteiger partial charge in [0.1, 0.15) is 0 Å². The predicted molar refractivity (Wildman–Crippen MR) is 97.2 cm³/mol. The summed E-state index contributed by atoms with van der Waals surface area (Å²) in [4.78, 5) is 19.1. The van der Waals surface area contributed by atoms with Gasteiger partial charge in [0, 0.05) is 36.8 Å². The number of carbonyl (C=O) groups excluding carboxylic acids is 1. The van der Waals surface area contributed by atoms with Gasteiger partial charge in [-0.1, -0.05) is 23.9 Å². The average Bonchev–Trinajstić information content (AvgIpc) is 3.00. The SMILES string of the molecule is CN1CCC(NC(=O)c2cccc(CSc3nccn3C)c2)CC1. The van der Waals surface area contributed by atoms with E-state index in [2.05, 4.69) is 28.3 Å². The van der Waals surface area contributed by atoms with Crippen LogP contribution >= 0.6 is 11.8 Å². The first-order valence-electron chi connectivity index (χ1n) is 8.30. The number of nitrogens with zero attached hydrogens (tertiary/aromatic N) is 3. The molecule has 2 heterocycles. The fourth-order valence-corrected chi connectivity index (χ4v) is 3.74. The largest absolute Gasteiger partial charge is 0.349 e. The van der Waals surface area contributed by atoms with Crippen molar-refractivity contribution in [1.29, 1.82) is 0 Å². The van der Waals surface area contributed by atoms with Gasteiger partial charge < -0.3 is 14.8 Å². The Morgan fingerprint density at radius 3 is 2.83 bits per heavy atom. The van der Waals surface area contributed by atoms with Crippen LogP contribution in [0, 0.1) is 0 Å². The molecule has 1 N–H and O–H groups in total. The number of hydrogen-bond acceptors (Lipinski definition) is 4. The van der Waals surface area contributed by atoms with Crippen molar-refractivity contribution in [2.24, 2.45) is 7.05 Å². The van der Waals surface area contributed by atoms with Crippen LogP contribution in [0.5, 0.6) is 0 Å². The van der Waals surface area contributed by atoms with Crippen LogP contribution in [0.15, 0.2) is 41.8 Å². The molecule has 0 saturated carbocycles. The molecule has 0 spiro atoms. The summed E-state index contributed by atoms with van der Waals surface area (Å²) in [5, 5.41) is 4.16. The molecule has 0 bridgehead atoms. The number of hydrogen-bond donors (Lipinski definition) is 1. The first kappa shape index (κ1) is 17.0. The Morgan fingerprint density at radius 1 is 1.33 bits per heavy atom. The van der Waals surface area contributed by atoms with Crippen molar-refractivity contribution in [2.75, 3.05) is 20.1 Å². The van der Waals surface area contributed by atoms with Crippen molar-refractivity contribution >= 4 is 17.7 Å². The molecule has 1 amide bonds. The molecule has 1 fully saturated rings. The third-order valence-corrected chi connectivity index (χ3v) is 5.52. The molecule has 5 nitrogen and oxygen atoms in total. The van der Waals surface area contributed by atoms with Gasteiger partial charge in [-0.05, 0) is 50.7 Å². The topological polar surface area (TPSA) is 50.2 Å². The van der Waals surface area contributed by atoms with Crippen molar-refractivity contribution in [3.05, 3.63) is 47.8 Å². The second kappa shape index (κ2) is 7.85. The van der Waals surface area contributed by atoms with Crippen molar-refractivity contribution in [2.45, 2.75) is 29.8 Å². The van der Waals surface area contributed by atoms with Gasteiger partial charge in [-0.15, -0.1) is 0 Å². The Morgan fingerprint density at radius 2 is 2.12 bits per heavy atom. The predicted octanol–water partition coefficient (Wildman–Crippen LogP) is 2.54. The van der Waals surface area contributed by atoms with Gasteiger partial charge in [0.15, 0.2) is 5.16 Å². The molecule has 0 atom stereocenters. The molecular formula is C18H24N4OS. The number of piperidine rings is 1. The smallest absolute Gasteiger partial charge is 0.251 e. The third kappa shape index (κ3) is 4.39. The summed E-state index contributed by atoms with van der Waals surface area (Å²) >= 11 is 1.68. The van der Waals surface area contributed by atoms with Crippen molar-refractivity contribution in [3.63, 3.8) is 0 Å². The van der Waals surface area contributed by atoms with E-state index < -0.39 is 0 Å². The summed E-state index contributed by atoms with van der Waals surface area (Å²) in [6.45, 7) is 2.09. The number of carbonyl (C=O) groups is 1. The lowest BCUT2D eigenvalue weighted by atomic mass is 10.0. The maximum absolute atomic E-state index is 12.5. The summed E-state index contributed by atoms with van der Waals surface area (Å²) < 4.78 is 2.00. The van der Waals surface area contributed by atoms with E-state index in [0.717, 1.165) is 48.0 Å². The van der Waals surface area contributed by atoms with E-state index in [0.29, 0.717) is 6.04 Å². The Kier molecular flexibility index (Phi) is 5.58. The van der Waals surface area contributed by atoms with Gasteiger partial charge in [-0.25, -0.2) is 4.98 Å².